The second kappa shape index (κ2) is 14.0. The van der Waals surface area contributed by atoms with E-state index in [1.54, 1.807) is 12.1 Å². The molecule has 0 bridgehead atoms. The Balaban J connectivity index is 1.39. The molecule has 0 radical (unpaired) electrons. The standard InChI is InChI=1S/C41H44BrClN2O5/c1-24-12-13-27(18-29(24)43)44-35(48)23-50-39-28(42)16-26(17-34(39)49-6)36-37-30(19-40(2,3)21-32(37)46)45(15-14-25-10-8-7-9-11-25)31-20-41(4,5)22-33(47)38(31)36/h7-13,16-18,36H,14-15,19-23H2,1-6H3,(H,44,48). The first-order valence-corrected chi connectivity index (χ1v) is 18.2. The summed E-state index contributed by atoms with van der Waals surface area (Å²) in [6.45, 7) is 10.9. The normalized spacial score (nSPS) is 18.5. The number of ketones is 2. The molecule has 50 heavy (non-hydrogen) atoms. The van der Waals surface area contributed by atoms with Gasteiger partial charge in [0.05, 0.1) is 11.6 Å². The lowest BCUT2D eigenvalue weighted by molar-refractivity contribution is -0.120. The third-order valence-electron chi connectivity index (χ3n) is 9.88. The van der Waals surface area contributed by atoms with E-state index in [1.165, 1.54) is 12.7 Å². The quantitative estimate of drug-likeness (QED) is 0.234. The molecule has 9 heteroatoms. The molecule has 0 unspecified atom stereocenters. The van der Waals surface area contributed by atoms with Crippen LogP contribution in [-0.2, 0) is 20.8 Å². The van der Waals surface area contributed by atoms with Gasteiger partial charge >= 0.3 is 0 Å². The Morgan fingerprint density at radius 2 is 1.54 bits per heavy atom. The fourth-order valence-electron chi connectivity index (χ4n) is 7.59. The van der Waals surface area contributed by atoms with Crippen molar-refractivity contribution in [3.8, 4) is 11.5 Å². The van der Waals surface area contributed by atoms with Gasteiger partial charge in [-0.15, -0.1) is 0 Å². The Morgan fingerprint density at radius 1 is 0.920 bits per heavy atom. The number of hydrogen-bond acceptors (Lipinski definition) is 6. The number of nitrogens with one attached hydrogen (secondary N) is 1. The zero-order valence-electron chi connectivity index (χ0n) is 29.5. The number of methoxy groups -OCH3 is 1. The first-order valence-electron chi connectivity index (χ1n) is 17.1. The summed E-state index contributed by atoms with van der Waals surface area (Å²) in [7, 11) is 1.54. The van der Waals surface area contributed by atoms with Gasteiger partial charge in [-0.3, -0.25) is 14.4 Å². The Bertz CT molecular complexity index is 1880. The molecule has 262 valence electrons. The second-order valence-corrected chi connectivity index (χ2v) is 16.5. The molecule has 0 fully saturated rings. The van der Waals surface area contributed by atoms with Crippen molar-refractivity contribution < 1.29 is 23.9 Å². The topological polar surface area (TPSA) is 84.9 Å². The highest BCUT2D eigenvalue weighted by atomic mass is 79.9. The van der Waals surface area contributed by atoms with Crippen molar-refractivity contribution in [3.63, 3.8) is 0 Å². The number of aryl methyl sites for hydroxylation is 1. The predicted molar refractivity (Wildman–Crippen MR) is 201 cm³/mol. The Hall–Kier alpha value is -3.88. The summed E-state index contributed by atoms with van der Waals surface area (Å²) in [5.41, 5.74) is 6.43. The van der Waals surface area contributed by atoms with Crippen LogP contribution in [0.15, 0.2) is 87.7 Å². The summed E-state index contributed by atoms with van der Waals surface area (Å²) in [5, 5.41) is 3.37. The van der Waals surface area contributed by atoms with Gasteiger partial charge in [-0.05, 0) is 93.9 Å². The number of rotatable bonds is 9. The molecule has 0 saturated heterocycles. The summed E-state index contributed by atoms with van der Waals surface area (Å²) >= 11 is 9.91. The van der Waals surface area contributed by atoms with Crippen molar-refractivity contribution in [3.05, 3.63) is 109 Å². The molecule has 2 aliphatic carbocycles. The zero-order chi connectivity index (χ0) is 36.0. The van der Waals surface area contributed by atoms with E-state index in [4.69, 9.17) is 21.1 Å². The molecular weight excluding hydrogens is 716 g/mol. The van der Waals surface area contributed by atoms with Gasteiger partial charge in [-0.1, -0.05) is 75.7 Å². The number of carbonyl (C=O) groups excluding carboxylic acids is 3. The Kier molecular flexibility index (Phi) is 10.1. The minimum Gasteiger partial charge on any atom is -0.493 e. The highest BCUT2D eigenvalue weighted by molar-refractivity contribution is 9.10. The monoisotopic (exact) mass is 758 g/mol. The molecule has 1 amide bonds. The fourth-order valence-corrected chi connectivity index (χ4v) is 8.34. The van der Waals surface area contributed by atoms with Crippen molar-refractivity contribution in [1.29, 1.82) is 0 Å². The summed E-state index contributed by atoms with van der Waals surface area (Å²) in [5.74, 6) is -0.0278. The number of hydrogen-bond donors (Lipinski definition) is 1. The van der Waals surface area contributed by atoms with Crippen molar-refractivity contribution >= 4 is 50.7 Å². The van der Waals surface area contributed by atoms with Crippen molar-refractivity contribution in [2.75, 3.05) is 25.6 Å². The van der Waals surface area contributed by atoms with Gasteiger partial charge < -0.3 is 19.7 Å². The van der Waals surface area contributed by atoms with Crippen LogP contribution in [-0.4, -0.2) is 42.6 Å². The largest absolute Gasteiger partial charge is 0.493 e. The SMILES string of the molecule is COc1cc(C2C3=C(CC(C)(C)CC3=O)N(CCc3ccccc3)C3=C2C(=O)CC(C)(C)C3)cc(Br)c1OCC(=O)Nc1ccc(C)c(Cl)c1. The molecule has 3 aromatic rings. The molecule has 1 heterocycles. The molecule has 0 spiro atoms. The van der Waals surface area contributed by atoms with Crippen molar-refractivity contribution in [2.24, 2.45) is 10.8 Å². The van der Waals surface area contributed by atoms with Gasteiger partial charge in [-0.2, -0.15) is 0 Å². The van der Waals surface area contributed by atoms with E-state index in [9.17, 15) is 14.4 Å². The van der Waals surface area contributed by atoms with Crippen LogP contribution in [0.3, 0.4) is 0 Å². The smallest absolute Gasteiger partial charge is 0.262 e. The van der Waals surface area contributed by atoms with E-state index in [0.717, 1.165) is 41.8 Å². The van der Waals surface area contributed by atoms with Gasteiger partial charge in [0.2, 0.25) is 0 Å². The van der Waals surface area contributed by atoms with Gasteiger partial charge in [-0.25, -0.2) is 0 Å². The number of allylic oxidation sites excluding steroid dienone is 4. The van der Waals surface area contributed by atoms with Crippen LogP contribution in [0.25, 0.3) is 0 Å². The molecule has 0 aromatic heterocycles. The number of anilines is 1. The molecular formula is C41H44BrClN2O5. The average Bonchev–Trinajstić information content (AvgIpc) is 3.03. The predicted octanol–water partition coefficient (Wildman–Crippen LogP) is 9.37. The lowest BCUT2D eigenvalue weighted by Crippen LogP contribution is -2.45. The first kappa shape index (κ1) is 35.9. The van der Waals surface area contributed by atoms with E-state index in [0.29, 0.717) is 57.2 Å². The number of amides is 1. The number of nitrogens with zero attached hydrogens (tertiary/aromatic N) is 1. The molecule has 3 aromatic carbocycles. The molecule has 1 N–H and O–H groups in total. The van der Waals surface area contributed by atoms with E-state index in [2.05, 4.69) is 66.0 Å². The van der Waals surface area contributed by atoms with E-state index in [1.807, 2.05) is 43.3 Å². The fraction of sp³-hybridized carbons (Fsp3) is 0.390. The van der Waals surface area contributed by atoms with E-state index >= 15 is 0 Å². The van der Waals surface area contributed by atoms with Gasteiger partial charge in [0.15, 0.2) is 29.7 Å². The summed E-state index contributed by atoms with van der Waals surface area (Å²) in [6, 6.07) is 19.4. The highest BCUT2D eigenvalue weighted by Crippen LogP contribution is 2.55. The maximum Gasteiger partial charge on any atom is 0.262 e. The summed E-state index contributed by atoms with van der Waals surface area (Å²) in [6.07, 6.45) is 3.05. The van der Waals surface area contributed by atoms with Gasteiger partial charge in [0.25, 0.3) is 5.91 Å². The summed E-state index contributed by atoms with van der Waals surface area (Å²) < 4.78 is 12.4. The number of ether oxygens (including phenoxy) is 2. The number of Topliss-reactive ketones (excluding diaryl/α,β-unsaturated/α-hetero) is 2. The summed E-state index contributed by atoms with van der Waals surface area (Å²) in [4.78, 5) is 43.7. The molecule has 1 aliphatic heterocycles. The first-order chi connectivity index (χ1) is 23.7. The van der Waals surface area contributed by atoms with Crippen LogP contribution in [0.2, 0.25) is 5.02 Å². The third kappa shape index (κ3) is 7.42. The van der Waals surface area contributed by atoms with Gasteiger partial charge in [0, 0.05) is 58.6 Å². The van der Waals surface area contributed by atoms with Crippen LogP contribution < -0.4 is 14.8 Å². The van der Waals surface area contributed by atoms with E-state index in [-0.39, 0.29) is 34.9 Å². The van der Waals surface area contributed by atoms with Gasteiger partial charge in [0.1, 0.15) is 0 Å². The van der Waals surface area contributed by atoms with E-state index < -0.39 is 5.92 Å². The third-order valence-corrected chi connectivity index (χ3v) is 10.9. The van der Waals surface area contributed by atoms with Crippen LogP contribution in [0, 0.1) is 17.8 Å². The Morgan fingerprint density at radius 3 is 2.12 bits per heavy atom. The molecule has 0 saturated carbocycles. The molecule has 7 nitrogen and oxygen atoms in total. The Labute approximate surface area is 308 Å². The second-order valence-electron chi connectivity index (χ2n) is 15.3. The molecule has 6 rings (SSSR count). The number of benzene rings is 3. The minimum absolute atomic E-state index is 0.0680. The molecule has 3 aliphatic rings. The zero-order valence-corrected chi connectivity index (χ0v) is 31.9. The van der Waals surface area contributed by atoms with Crippen molar-refractivity contribution in [1.82, 2.24) is 4.90 Å². The highest BCUT2D eigenvalue weighted by Gasteiger charge is 2.49. The van der Waals surface area contributed by atoms with Crippen LogP contribution in [0.5, 0.6) is 11.5 Å². The minimum atomic E-state index is -0.547. The lowest BCUT2D eigenvalue weighted by atomic mass is 9.63. The van der Waals surface area contributed by atoms with Crippen LogP contribution in [0.4, 0.5) is 5.69 Å². The van der Waals surface area contributed by atoms with Crippen LogP contribution in [0.1, 0.15) is 76.0 Å². The maximum atomic E-state index is 14.3. The number of carbonyl (C=O) groups is 3. The average molecular weight is 760 g/mol. The van der Waals surface area contributed by atoms with Crippen molar-refractivity contribution in [2.45, 2.75) is 72.6 Å². The molecule has 0 atom stereocenters. The lowest BCUT2D eigenvalue weighted by Gasteiger charge is -2.49. The van der Waals surface area contributed by atoms with Crippen LogP contribution >= 0.6 is 27.5 Å². The number of halogens is 2. The maximum absolute atomic E-state index is 14.3.